The van der Waals surface area contributed by atoms with Crippen LogP contribution in [0.25, 0.3) is 0 Å². The van der Waals surface area contributed by atoms with Gasteiger partial charge in [-0.3, -0.25) is 0 Å². The quantitative estimate of drug-likeness (QED) is 0.334. The number of phenols is 1. The van der Waals surface area contributed by atoms with Gasteiger partial charge in [0.15, 0.2) is 0 Å². The smallest absolute Gasteiger partial charge is 0.138 e. The fourth-order valence-corrected chi connectivity index (χ4v) is 0.741. The van der Waals surface area contributed by atoms with Crippen LogP contribution in [0.3, 0.4) is 0 Å². The van der Waals surface area contributed by atoms with Gasteiger partial charge in [0, 0.05) is 5.56 Å². The molecule has 1 aromatic carbocycles. The molecule has 12 heavy (non-hydrogen) atoms. The highest BCUT2D eigenvalue weighted by atomic mass is 16.3. The minimum absolute atomic E-state index is 0.0567. The van der Waals surface area contributed by atoms with Crippen LogP contribution in [-0.2, 0) is 0 Å². The standard InChI is InChI=1S/C10H7NO/c1-2-3-4-8-5-6-10(12)9(11)7-8/h1,5-7,12H,11H2. The number of benzene rings is 1. The van der Waals surface area contributed by atoms with Gasteiger partial charge in [-0.05, 0) is 30.0 Å². The molecule has 2 heteroatoms. The molecule has 0 aliphatic carbocycles. The van der Waals surface area contributed by atoms with Gasteiger partial charge in [0.25, 0.3) is 0 Å². The Morgan fingerprint density at radius 2 is 2.17 bits per heavy atom. The number of anilines is 1. The Kier molecular flexibility index (Phi) is 2.26. The summed E-state index contributed by atoms with van der Waals surface area (Å²) in [5.74, 6) is 7.38. The number of hydrogen-bond donors (Lipinski definition) is 2. The Balaban J connectivity index is 3.07. The zero-order valence-corrected chi connectivity index (χ0v) is 6.33. The van der Waals surface area contributed by atoms with E-state index in [0.29, 0.717) is 11.3 Å². The monoisotopic (exact) mass is 157 g/mol. The summed E-state index contributed by atoms with van der Waals surface area (Å²) in [5, 5.41) is 9.06. The average molecular weight is 157 g/mol. The van der Waals surface area contributed by atoms with E-state index in [4.69, 9.17) is 17.3 Å². The van der Waals surface area contributed by atoms with Gasteiger partial charge < -0.3 is 10.8 Å². The molecule has 0 saturated heterocycles. The molecule has 0 bridgehead atoms. The number of nitrogens with two attached hydrogens (primary N) is 1. The van der Waals surface area contributed by atoms with Crippen molar-refractivity contribution in [2.45, 2.75) is 0 Å². The maximum absolute atomic E-state index is 9.06. The minimum atomic E-state index is 0.0567. The van der Waals surface area contributed by atoms with Gasteiger partial charge in [0.1, 0.15) is 5.75 Å². The number of nitrogen functional groups attached to an aromatic ring is 1. The maximum atomic E-state index is 9.06. The van der Waals surface area contributed by atoms with E-state index in [1.54, 1.807) is 12.1 Å². The first-order valence-corrected chi connectivity index (χ1v) is 3.29. The zero-order chi connectivity index (χ0) is 8.97. The first-order valence-electron chi connectivity index (χ1n) is 3.29. The van der Waals surface area contributed by atoms with E-state index in [2.05, 4.69) is 17.8 Å². The molecule has 0 aliphatic heterocycles. The van der Waals surface area contributed by atoms with E-state index < -0.39 is 0 Å². The molecule has 0 amide bonds. The molecule has 0 fully saturated rings. The summed E-state index contributed by atoms with van der Waals surface area (Å²) in [7, 11) is 0. The van der Waals surface area contributed by atoms with Crippen LogP contribution in [0.1, 0.15) is 5.56 Å². The second kappa shape index (κ2) is 3.37. The highest BCUT2D eigenvalue weighted by molar-refractivity contribution is 5.57. The SMILES string of the molecule is C#CC#Cc1ccc(O)c(N)c1. The minimum Gasteiger partial charge on any atom is -0.506 e. The Morgan fingerprint density at radius 3 is 2.75 bits per heavy atom. The molecule has 0 unspecified atom stereocenters. The van der Waals surface area contributed by atoms with Crippen molar-refractivity contribution in [1.82, 2.24) is 0 Å². The number of aromatic hydroxyl groups is 1. The lowest BCUT2D eigenvalue weighted by Crippen LogP contribution is -1.86. The number of phenolic OH excluding ortho intramolecular Hbond substituents is 1. The Labute approximate surface area is 71.0 Å². The number of terminal acetylenes is 1. The topological polar surface area (TPSA) is 46.2 Å². The van der Waals surface area contributed by atoms with E-state index in [9.17, 15) is 0 Å². The molecule has 0 atom stereocenters. The van der Waals surface area contributed by atoms with E-state index in [1.165, 1.54) is 6.07 Å². The van der Waals surface area contributed by atoms with Gasteiger partial charge in [-0.25, -0.2) is 0 Å². The fraction of sp³-hybridized carbons (Fsp3) is 0. The number of hydrogen-bond acceptors (Lipinski definition) is 2. The summed E-state index contributed by atoms with van der Waals surface area (Å²) >= 11 is 0. The first-order chi connectivity index (χ1) is 5.74. The van der Waals surface area contributed by atoms with Gasteiger partial charge in [0.2, 0.25) is 0 Å². The van der Waals surface area contributed by atoms with Crippen molar-refractivity contribution >= 4 is 5.69 Å². The molecule has 0 heterocycles. The molecule has 0 aromatic heterocycles. The van der Waals surface area contributed by atoms with Crippen molar-refractivity contribution in [3.8, 4) is 29.9 Å². The molecule has 58 valence electrons. The van der Waals surface area contributed by atoms with Crippen LogP contribution < -0.4 is 5.73 Å². The molecule has 0 spiro atoms. The van der Waals surface area contributed by atoms with Gasteiger partial charge in [-0.2, -0.15) is 0 Å². The fourth-order valence-electron chi connectivity index (χ4n) is 0.741. The summed E-state index contributed by atoms with van der Waals surface area (Å²) in [6.07, 6.45) is 4.94. The molecule has 3 N–H and O–H groups in total. The van der Waals surface area contributed by atoms with Crippen LogP contribution in [0.5, 0.6) is 5.75 Å². The molecule has 1 aromatic rings. The van der Waals surface area contributed by atoms with Crippen molar-refractivity contribution < 1.29 is 5.11 Å². The van der Waals surface area contributed by atoms with Crippen LogP contribution in [0.4, 0.5) is 5.69 Å². The van der Waals surface area contributed by atoms with Crippen LogP contribution >= 0.6 is 0 Å². The van der Waals surface area contributed by atoms with Crippen LogP contribution in [0, 0.1) is 24.2 Å². The van der Waals surface area contributed by atoms with Gasteiger partial charge in [0.05, 0.1) is 5.69 Å². The molecule has 2 nitrogen and oxygen atoms in total. The highest BCUT2D eigenvalue weighted by Gasteiger charge is 1.94. The van der Waals surface area contributed by atoms with Crippen molar-refractivity contribution in [3.05, 3.63) is 23.8 Å². The Hall–Kier alpha value is -2.06. The number of rotatable bonds is 0. The second-order valence-electron chi connectivity index (χ2n) is 2.17. The summed E-state index contributed by atoms with van der Waals surface area (Å²) in [5.41, 5.74) is 6.42. The summed E-state index contributed by atoms with van der Waals surface area (Å²) in [6, 6.07) is 4.70. The third-order valence-electron chi connectivity index (χ3n) is 1.31. The first kappa shape index (κ1) is 8.04. The van der Waals surface area contributed by atoms with Gasteiger partial charge >= 0.3 is 0 Å². The highest BCUT2D eigenvalue weighted by Crippen LogP contribution is 2.19. The van der Waals surface area contributed by atoms with E-state index in [1.807, 2.05) is 0 Å². The lowest BCUT2D eigenvalue weighted by Gasteiger charge is -1.96. The average Bonchev–Trinajstić information content (AvgIpc) is 2.07. The third kappa shape index (κ3) is 1.71. The largest absolute Gasteiger partial charge is 0.506 e. The van der Waals surface area contributed by atoms with Crippen molar-refractivity contribution in [2.75, 3.05) is 5.73 Å². The Bertz CT molecular complexity index is 391. The van der Waals surface area contributed by atoms with E-state index >= 15 is 0 Å². The lowest BCUT2D eigenvalue weighted by atomic mass is 10.2. The molecule has 0 radical (unpaired) electrons. The summed E-state index contributed by atoms with van der Waals surface area (Å²) in [6.45, 7) is 0. The van der Waals surface area contributed by atoms with E-state index in [0.717, 1.165) is 0 Å². The van der Waals surface area contributed by atoms with Crippen LogP contribution in [0.15, 0.2) is 18.2 Å². The Morgan fingerprint density at radius 1 is 1.42 bits per heavy atom. The molecular formula is C10H7NO. The van der Waals surface area contributed by atoms with E-state index in [-0.39, 0.29) is 5.75 Å². The molecular weight excluding hydrogens is 150 g/mol. The maximum Gasteiger partial charge on any atom is 0.138 e. The lowest BCUT2D eigenvalue weighted by molar-refractivity contribution is 0.478. The van der Waals surface area contributed by atoms with Gasteiger partial charge in [-0.15, -0.1) is 6.42 Å². The van der Waals surface area contributed by atoms with Crippen molar-refractivity contribution in [3.63, 3.8) is 0 Å². The van der Waals surface area contributed by atoms with Crippen molar-refractivity contribution in [1.29, 1.82) is 0 Å². The normalized spacial score (nSPS) is 7.92. The van der Waals surface area contributed by atoms with Crippen LogP contribution in [0.2, 0.25) is 0 Å². The van der Waals surface area contributed by atoms with Crippen molar-refractivity contribution in [2.24, 2.45) is 0 Å². The third-order valence-corrected chi connectivity index (χ3v) is 1.31. The van der Waals surface area contributed by atoms with Gasteiger partial charge in [-0.1, -0.05) is 5.92 Å². The molecule has 1 rings (SSSR count). The summed E-state index contributed by atoms with van der Waals surface area (Å²) in [4.78, 5) is 0. The zero-order valence-electron chi connectivity index (χ0n) is 6.33. The summed E-state index contributed by atoms with van der Waals surface area (Å²) < 4.78 is 0. The molecule has 0 aliphatic rings. The predicted octanol–water partition coefficient (Wildman–Crippen LogP) is 0.959. The van der Waals surface area contributed by atoms with Crippen LogP contribution in [-0.4, -0.2) is 5.11 Å². The second-order valence-corrected chi connectivity index (χ2v) is 2.17. The molecule has 0 saturated carbocycles. The predicted molar refractivity (Wildman–Crippen MR) is 48.2 cm³/mol.